The summed E-state index contributed by atoms with van der Waals surface area (Å²) in [7, 11) is 0. The van der Waals surface area contributed by atoms with Crippen molar-refractivity contribution < 1.29 is 18.7 Å². The first kappa shape index (κ1) is 15.0. The second-order valence-electron chi connectivity index (χ2n) is 7.78. The molecule has 2 aliphatic rings. The number of para-hydroxylation sites is 1. The molecule has 1 aromatic heterocycles. The molecule has 1 aliphatic heterocycles. The Kier molecular flexibility index (Phi) is 3.18. The van der Waals surface area contributed by atoms with E-state index in [1.165, 1.54) is 0 Å². The summed E-state index contributed by atoms with van der Waals surface area (Å²) in [6, 6.07) is 23.4. The standard InChI is InChI=1S/C26H20N2O3/c1-26-20-10-3-2-6-17(20)15-22(26)31-25(28-26)18-8-4-9-19(14-18)30-23-13-12-16-7-5-11-21(29)24(16)27-23/h2-14,22,29H,15H2,1H3/t22-,26+/m1/s1/i1D3. The van der Waals surface area contributed by atoms with Gasteiger partial charge in [0, 0.05) is 27.5 Å². The van der Waals surface area contributed by atoms with Gasteiger partial charge in [-0.25, -0.2) is 9.98 Å². The molecular formula is C26H20N2O3. The van der Waals surface area contributed by atoms with Crippen LogP contribution in [0, 0.1) is 0 Å². The molecule has 0 bridgehead atoms. The zero-order chi connectivity index (χ0) is 23.5. The number of benzene rings is 3. The van der Waals surface area contributed by atoms with Crippen molar-refractivity contribution in [3.63, 3.8) is 0 Å². The van der Waals surface area contributed by atoms with Crippen LogP contribution in [0.3, 0.4) is 0 Å². The molecule has 2 heterocycles. The fourth-order valence-electron chi connectivity index (χ4n) is 4.29. The number of aromatic nitrogens is 1. The molecule has 0 saturated carbocycles. The van der Waals surface area contributed by atoms with Crippen molar-refractivity contribution in [1.29, 1.82) is 0 Å². The van der Waals surface area contributed by atoms with Crippen LogP contribution in [0.2, 0.25) is 0 Å². The number of hydrogen-bond donors (Lipinski definition) is 1. The van der Waals surface area contributed by atoms with Crippen LogP contribution < -0.4 is 4.74 Å². The van der Waals surface area contributed by atoms with Gasteiger partial charge in [-0.2, -0.15) is 0 Å². The smallest absolute Gasteiger partial charge is 0.219 e. The van der Waals surface area contributed by atoms with E-state index in [1.54, 1.807) is 36.4 Å². The minimum atomic E-state index is -2.36. The number of hydrogen-bond acceptors (Lipinski definition) is 5. The van der Waals surface area contributed by atoms with Crippen LogP contribution in [0.5, 0.6) is 17.4 Å². The van der Waals surface area contributed by atoms with Crippen molar-refractivity contribution in [3.8, 4) is 17.4 Å². The zero-order valence-corrected chi connectivity index (χ0v) is 16.4. The lowest BCUT2D eigenvalue weighted by Crippen LogP contribution is -2.27. The minimum Gasteiger partial charge on any atom is -0.506 e. The first-order valence-electron chi connectivity index (χ1n) is 11.6. The molecule has 31 heavy (non-hydrogen) atoms. The van der Waals surface area contributed by atoms with Crippen molar-refractivity contribution >= 4 is 16.8 Å². The van der Waals surface area contributed by atoms with Gasteiger partial charge in [0.2, 0.25) is 11.8 Å². The number of nitrogens with zero attached hydrogens (tertiary/aromatic N) is 2. The van der Waals surface area contributed by atoms with Crippen LogP contribution in [-0.4, -0.2) is 22.1 Å². The number of aromatic hydroxyl groups is 1. The number of aliphatic imine (C=N–C) groups is 1. The Balaban J connectivity index is 1.36. The maximum Gasteiger partial charge on any atom is 0.219 e. The molecule has 152 valence electrons. The van der Waals surface area contributed by atoms with E-state index in [1.807, 2.05) is 42.5 Å². The summed E-state index contributed by atoms with van der Waals surface area (Å²) < 4.78 is 37.0. The first-order chi connectivity index (χ1) is 16.3. The van der Waals surface area contributed by atoms with Gasteiger partial charge in [0.25, 0.3) is 0 Å². The third-order valence-electron chi connectivity index (χ3n) is 5.81. The largest absolute Gasteiger partial charge is 0.506 e. The van der Waals surface area contributed by atoms with Gasteiger partial charge in [-0.3, -0.25) is 0 Å². The van der Waals surface area contributed by atoms with Gasteiger partial charge >= 0.3 is 0 Å². The lowest BCUT2D eigenvalue weighted by Gasteiger charge is -2.20. The van der Waals surface area contributed by atoms with Crippen LogP contribution >= 0.6 is 0 Å². The van der Waals surface area contributed by atoms with Crippen LogP contribution in [0.15, 0.2) is 83.9 Å². The zero-order valence-electron chi connectivity index (χ0n) is 19.4. The SMILES string of the molecule is [2H]C([2H])([2H])[C@@]12N=C(c3cccc(Oc4ccc5cccc(O)c5n4)c3)O[C@@H]1Cc1ccccc12. The molecule has 1 aliphatic carbocycles. The summed E-state index contributed by atoms with van der Waals surface area (Å²) in [6.07, 6.45) is -0.107. The molecule has 0 amide bonds. The highest BCUT2D eigenvalue weighted by Gasteiger charge is 2.49. The van der Waals surface area contributed by atoms with Gasteiger partial charge < -0.3 is 14.6 Å². The molecule has 0 unspecified atom stereocenters. The van der Waals surface area contributed by atoms with E-state index in [0.29, 0.717) is 34.7 Å². The van der Waals surface area contributed by atoms with Gasteiger partial charge in [0.1, 0.15) is 28.7 Å². The van der Waals surface area contributed by atoms with Crippen molar-refractivity contribution in [2.75, 3.05) is 0 Å². The van der Waals surface area contributed by atoms with Gasteiger partial charge in [0.15, 0.2) is 0 Å². The van der Waals surface area contributed by atoms with Crippen LogP contribution in [-0.2, 0) is 16.7 Å². The summed E-state index contributed by atoms with van der Waals surface area (Å²) in [5.41, 5.74) is 1.30. The average Bonchev–Trinajstić information content (AvgIpc) is 3.35. The molecule has 6 rings (SSSR count). The van der Waals surface area contributed by atoms with Crippen LogP contribution in [0.4, 0.5) is 0 Å². The highest BCUT2D eigenvalue weighted by molar-refractivity contribution is 5.96. The van der Waals surface area contributed by atoms with E-state index in [9.17, 15) is 5.11 Å². The van der Waals surface area contributed by atoms with E-state index < -0.39 is 18.5 Å². The summed E-state index contributed by atoms with van der Waals surface area (Å²) >= 11 is 0. The quantitative estimate of drug-likeness (QED) is 0.494. The minimum absolute atomic E-state index is 0.0761. The molecule has 5 heteroatoms. The number of ether oxygens (including phenoxy) is 2. The summed E-state index contributed by atoms with van der Waals surface area (Å²) in [4.78, 5) is 9.10. The normalized spacial score (nSPS) is 23.2. The Morgan fingerprint density at radius 2 is 1.97 bits per heavy atom. The lowest BCUT2D eigenvalue weighted by atomic mass is 9.94. The molecular weight excluding hydrogens is 388 g/mol. The van der Waals surface area contributed by atoms with Gasteiger partial charge in [-0.05, 0) is 48.3 Å². The van der Waals surface area contributed by atoms with Crippen molar-refractivity contribution in [2.45, 2.75) is 24.9 Å². The van der Waals surface area contributed by atoms with E-state index in [4.69, 9.17) is 18.6 Å². The average molecular weight is 411 g/mol. The topological polar surface area (TPSA) is 63.9 Å². The van der Waals surface area contributed by atoms with E-state index in [2.05, 4.69) is 4.98 Å². The second-order valence-corrected chi connectivity index (χ2v) is 7.78. The number of rotatable bonds is 3. The van der Waals surface area contributed by atoms with Crippen molar-refractivity contribution in [2.24, 2.45) is 4.99 Å². The first-order valence-corrected chi connectivity index (χ1v) is 10.1. The third kappa shape index (κ3) is 2.85. The molecule has 5 nitrogen and oxygen atoms in total. The molecule has 0 spiro atoms. The highest BCUT2D eigenvalue weighted by Crippen LogP contribution is 2.46. The molecule has 3 aromatic carbocycles. The van der Waals surface area contributed by atoms with Crippen LogP contribution in [0.1, 0.15) is 27.7 Å². The lowest BCUT2D eigenvalue weighted by molar-refractivity contribution is 0.162. The molecule has 0 saturated heterocycles. The van der Waals surface area contributed by atoms with E-state index >= 15 is 0 Å². The number of phenols is 1. The predicted octanol–water partition coefficient (Wildman–Crippen LogP) is 5.35. The summed E-state index contributed by atoms with van der Waals surface area (Å²) in [5, 5.41) is 10.9. The highest BCUT2D eigenvalue weighted by atomic mass is 16.5. The summed E-state index contributed by atoms with van der Waals surface area (Å²) in [6.45, 7) is -2.36. The molecule has 4 aromatic rings. The van der Waals surface area contributed by atoms with E-state index in [0.717, 1.165) is 10.9 Å². The Morgan fingerprint density at radius 3 is 2.90 bits per heavy atom. The molecule has 0 fully saturated rings. The third-order valence-corrected chi connectivity index (χ3v) is 5.81. The maximum atomic E-state index is 10.1. The van der Waals surface area contributed by atoms with Crippen molar-refractivity contribution in [1.82, 2.24) is 4.98 Å². The fourth-order valence-corrected chi connectivity index (χ4v) is 4.29. The Morgan fingerprint density at radius 1 is 1.06 bits per heavy atom. The van der Waals surface area contributed by atoms with Gasteiger partial charge in [-0.1, -0.05) is 42.5 Å². The second kappa shape index (κ2) is 6.57. The summed E-state index contributed by atoms with van der Waals surface area (Å²) in [5.74, 6) is 1.18. The Labute approximate surface area is 183 Å². The monoisotopic (exact) mass is 411 g/mol. The van der Waals surface area contributed by atoms with Gasteiger partial charge in [-0.15, -0.1) is 0 Å². The van der Waals surface area contributed by atoms with Gasteiger partial charge in [0.05, 0.1) is 0 Å². The van der Waals surface area contributed by atoms with E-state index in [-0.39, 0.29) is 11.6 Å². The number of fused-ring (bicyclic) bond motifs is 4. The maximum absolute atomic E-state index is 10.1. The molecule has 0 radical (unpaired) electrons. The number of pyridine rings is 1. The molecule has 2 atom stereocenters. The number of phenolic OH excluding ortho intramolecular Hbond substituents is 1. The van der Waals surface area contributed by atoms with Crippen LogP contribution in [0.25, 0.3) is 10.9 Å². The molecule has 1 N–H and O–H groups in total. The predicted molar refractivity (Wildman–Crippen MR) is 119 cm³/mol. The Hall–Kier alpha value is -3.86. The Bertz CT molecular complexity index is 1470. The fraction of sp³-hybridized carbons (Fsp3) is 0.154. The van der Waals surface area contributed by atoms with Crippen molar-refractivity contribution in [3.05, 3.63) is 95.6 Å².